The summed E-state index contributed by atoms with van der Waals surface area (Å²) < 4.78 is 21.4. The van der Waals surface area contributed by atoms with Crippen LogP contribution in [0, 0.1) is 0 Å². The van der Waals surface area contributed by atoms with E-state index in [1.54, 1.807) is 28.4 Å². The molecule has 0 aliphatic carbocycles. The highest BCUT2D eigenvalue weighted by molar-refractivity contribution is 5.85. The standard InChI is InChI=1S/C22H31NO4.ClH/c1-15(11-17-7-9-19(24-3)21(13-17)26-5)23-16(2)12-18-8-10-20(25-4)22(14-18)27-6;/h7-10,13-16,23H,11-12H2,1-6H3;1H. The number of ether oxygens (including phenoxy) is 4. The summed E-state index contributed by atoms with van der Waals surface area (Å²) in [4.78, 5) is 0. The third kappa shape index (κ3) is 6.50. The van der Waals surface area contributed by atoms with E-state index >= 15 is 0 Å². The van der Waals surface area contributed by atoms with Crippen LogP contribution in [0.4, 0.5) is 0 Å². The van der Waals surface area contributed by atoms with Gasteiger partial charge in [0.15, 0.2) is 23.0 Å². The Balaban J connectivity index is 0.00000392. The Labute approximate surface area is 174 Å². The maximum atomic E-state index is 5.39. The highest BCUT2D eigenvalue weighted by atomic mass is 35.5. The van der Waals surface area contributed by atoms with Crippen molar-refractivity contribution in [2.45, 2.75) is 38.8 Å². The summed E-state index contributed by atoms with van der Waals surface area (Å²) in [5.41, 5.74) is 2.43. The molecular formula is C22H32ClNO4. The molecule has 28 heavy (non-hydrogen) atoms. The molecule has 2 atom stereocenters. The summed E-state index contributed by atoms with van der Waals surface area (Å²) in [5.74, 6) is 3.04. The molecule has 0 aliphatic rings. The zero-order valence-corrected chi connectivity index (χ0v) is 18.4. The van der Waals surface area contributed by atoms with Crippen LogP contribution in [0.15, 0.2) is 36.4 Å². The van der Waals surface area contributed by atoms with Gasteiger partial charge in [-0.25, -0.2) is 0 Å². The molecule has 0 fully saturated rings. The molecule has 6 heteroatoms. The predicted octanol–water partition coefficient (Wildman–Crippen LogP) is 4.29. The van der Waals surface area contributed by atoms with Crippen LogP contribution in [-0.2, 0) is 12.8 Å². The number of nitrogens with one attached hydrogen (secondary N) is 1. The Hall–Kier alpha value is -2.11. The van der Waals surface area contributed by atoms with E-state index in [2.05, 4.69) is 31.3 Å². The SMILES string of the molecule is COc1ccc(CC(C)NC(C)Cc2ccc(OC)c(OC)c2)cc1OC.Cl. The van der Waals surface area contributed by atoms with Crippen LogP contribution < -0.4 is 24.3 Å². The smallest absolute Gasteiger partial charge is 0.160 e. The minimum absolute atomic E-state index is 0. The molecule has 2 aromatic rings. The topological polar surface area (TPSA) is 49.0 Å². The lowest BCUT2D eigenvalue weighted by atomic mass is 10.0. The first-order valence-corrected chi connectivity index (χ1v) is 9.18. The van der Waals surface area contributed by atoms with Gasteiger partial charge in [-0.1, -0.05) is 12.1 Å². The van der Waals surface area contributed by atoms with Crippen LogP contribution in [0.5, 0.6) is 23.0 Å². The van der Waals surface area contributed by atoms with Crippen LogP contribution in [0.3, 0.4) is 0 Å². The van der Waals surface area contributed by atoms with Crippen LogP contribution in [0.2, 0.25) is 0 Å². The van der Waals surface area contributed by atoms with Crippen molar-refractivity contribution in [2.75, 3.05) is 28.4 Å². The largest absolute Gasteiger partial charge is 0.493 e. The number of hydrogen-bond acceptors (Lipinski definition) is 5. The fourth-order valence-corrected chi connectivity index (χ4v) is 3.33. The number of halogens is 1. The molecule has 0 amide bonds. The second kappa shape index (κ2) is 11.7. The van der Waals surface area contributed by atoms with Crippen LogP contribution >= 0.6 is 12.4 Å². The second-order valence-corrected chi connectivity index (χ2v) is 6.76. The Bertz CT molecular complexity index is 677. The number of hydrogen-bond donors (Lipinski definition) is 1. The number of methoxy groups -OCH3 is 4. The van der Waals surface area contributed by atoms with Crippen molar-refractivity contribution in [3.63, 3.8) is 0 Å². The van der Waals surface area contributed by atoms with Crippen molar-refractivity contribution >= 4 is 12.4 Å². The van der Waals surface area contributed by atoms with Gasteiger partial charge in [-0.2, -0.15) is 0 Å². The third-order valence-corrected chi connectivity index (χ3v) is 4.55. The van der Waals surface area contributed by atoms with Gasteiger partial charge in [0.2, 0.25) is 0 Å². The molecular weight excluding hydrogens is 378 g/mol. The average molecular weight is 410 g/mol. The lowest BCUT2D eigenvalue weighted by molar-refractivity contribution is 0.354. The van der Waals surface area contributed by atoms with E-state index in [0.717, 1.165) is 35.8 Å². The Kier molecular flexibility index (Phi) is 9.97. The predicted molar refractivity (Wildman–Crippen MR) is 116 cm³/mol. The fourth-order valence-electron chi connectivity index (χ4n) is 3.33. The Morgan fingerprint density at radius 1 is 0.643 bits per heavy atom. The van der Waals surface area contributed by atoms with E-state index in [-0.39, 0.29) is 12.4 Å². The van der Waals surface area contributed by atoms with Crippen molar-refractivity contribution in [2.24, 2.45) is 0 Å². The number of benzene rings is 2. The molecule has 156 valence electrons. The van der Waals surface area contributed by atoms with E-state index in [1.807, 2.05) is 24.3 Å². The molecule has 0 spiro atoms. The highest BCUT2D eigenvalue weighted by Crippen LogP contribution is 2.29. The van der Waals surface area contributed by atoms with Crippen LogP contribution in [0.1, 0.15) is 25.0 Å². The molecule has 0 radical (unpaired) electrons. The van der Waals surface area contributed by atoms with Crippen LogP contribution in [0.25, 0.3) is 0 Å². The van der Waals surface area contributed by atoms with E-state index in [0.29, 0.717) is 12.1 Å². The zero-order chi connectivity index (χ0) is 19.8. The van der Waals surface area contributed by atoms with Crippen molar-refractivity contribution < 1.29 is 18.9 Å². The fraction of sp³-hybridized carbons (Fsp3) is 0.455. The Morgan fingerprint density at radius 2 is 1.00 bits per heavy atom. The van der Waals surface area contributed by atoms with Gasteiger partial charge in [-0.3, -0.25) is 0 Å². The van der Waals surface area contributed by atoms with Gasteiger partial charge >= 0.3 is 0 Å². The van der Waals surface area contributed by atoms with E-state index in [9.17, 15) is 0 Å². The molecule has 1 N–H and O–H groups in total. The van der Waals surface area contributed by atoms with Crippen molar-refractivity contribution in [1.82, 2.24) is 5.32 Å². The first kappa shape index (κ1) is 23.9. The Morgan fingerprint density at radius 3 is 1.32 bits per heavy atom. The van der Waals surface area contributed by atoms with E-state index in [1.165, 1.54) is 11.1 Å². The average Bonchev–Trinajstić information content (AvgIpc) is 2.67. The second-order valence-electron chi connectivity index (χ2n) is 6.76. The number of rotatable bonds is 10. The van der Waals surface area contributed by atoms with Gasteiger partial charge in [-0.05, 0) is 62.1 Å². The maximum Gasteiger partial charge on any atom is 0.160 e. The van der Waals surface area contributed by atoms with Gasteiger partial charge in [0, 0.05) is 12.1 Å². The van der Waals surface area contributed by atoms with Crippen LogP contribution in [-0.4, -0.2) is 40.5 Å². The lowest BCUT2D eigenvalue weighted by Crippen LogP contribution is -2.37. The molecule has 0 aliphatic heterocycles. The first-order valence-electron chi connectivity index (χ1n) is 9.18. The zero-order valence-electron chi connectivity index (χ0n) is 17.6. The van der Waals surface area contributed by atoms with Gasteiger partial charge in [-0.15, -0.1) is 12.4 Å². The van der Waals surface area contributed by atoms with E-state index in [4.69, 9.17) is 18.9 Å². The van der Waals surface area contributed by atoms with Gasteiger partial charge in [0.05, 0.1) is 28.4 Å². The van der Waals surface area contributed by atoms with Gasteiger partial charge in [0.25, 0.3) is 0 Å². The quantitative estimate of drug-likeness (QED) is 0.634. The molecule has 2 aromatic carbocycles. The summed E-state index contributed by atoms with van der Waals surface area (Å²) in [6, 6.07) is 12.8. The molecule has 5 nitrogen and oxygen atoms in total. The summed E-state index contributed by atoms with van der Waals surface area (Å²) in [5, 5.41) is 3.66. The van der Waals surface area contributed by atoms with Crippen molar-refractivity contribution in [3.05, 3.63) is 47.5 Å². The van der Waals surface area contributed by atoms with Gasteiger partial charge in [0.1, 0.15) is 0 Å². The van der Waals surface area contributed by atoms with Crippen molar-refractivity contribution in [3.8, 4) is 23.0 Å². The first-order chi connectivity index (χ1) is 13.0. The molecule has 2 rings (SSSR count). The molecule has 0 heterocycles. The van der Waals surface area contributed by atoms with Gasteiger partial charge < -0.3 is 24.3 Å². The summed E-state index contributed by atoms with van der Waals surface area (Å²) in [6.45, 7) is 4.39. The highest BCUT2D eigenvalue weighted by Gasteiger charge is 2.12. The maximum absolute atomic E-state index is 5.39. The summed E-state index contributed by atoms with van der Waals surface area (Å²) >= 11 is 0. The lowest BCUT2D eigenvalue weighted by Gasteiger charge is -2.21. The molecule has 0 saturated carbocycles. The normalized spacial score (nSPS) is 12.5. The molecule has 0 aromatic heterocycles. The monoisotopic (exact) mass is 409 g/mol. The molecule has 0 saturated heterocycles. The minimum atomic E-state index is 0. The summed E-state index contributed by atoms with van der Waals surface area (Å²) in [7, 11) is 6.62. The minimum Gasteiger partial charge on any atom is -0.493 e. The molecule has 2 unspecified atom stereocenters. The third-order valence-electron chi connectivity index (χ3n) is 4.55. The van der Waals surface area contributed by atoms with E-state index < -0.39 is 0 Å². The summed E-state index contributed by atoms with van der Waals surface area (Å²) in [6.07, 6.45) is 1.83. The van der Waals surface area contributed by atoms with Crippen molar-refractivity contribution in [1.29, 1.82) is 0 Å². The molecule has 0 bridgehead atoms.